The molecule has 5 nitrogen and oxygen atoms in total. The fourth-order valence-electron chi connectivity index (χ4n) is 2.31. The highest BCUT2D eigenvalue weighted by molar-refractivity contribution is 5.85. The van der Waals surface area contributed by atoms with Crippen LogP contribution < -0.4 is 5.32 Å². The van der Waals surface area contributed by atoms with E-state index >= 15 is 0 Å². The first-order valence-electron chi connectivity index (χ1n) is 7.25. The van der Waals surface area contributed by atoms with Crippen LogP contribution in [0.1, 0.15) is 12.0 Å². The second-order valence-electron chi connectivity index (χ2n) is 5.19. The van der Waals surface area contributed by atoms with Crippen LogP contribution in [-0.2, 0) is 11.2 Å². The van der Waals surface area contributed by atoms with Crippen LogP contribution in [0.5, 0.6) is 0 Å². The van der Waals surface area contributed by atoms with Crippen LogP contribution in [-0.4, -0.2) is 42.1 Å². The number of aliphatic carboxylic acids is 1. The number of carboxylic acid groups (broad SMARTS) is 1. The summed E-state index contributed by atoms with van der Waals surface area (Å²) in [5.41, 5.74) is 1.19. The van der Waals surface area contributed by atoms with Crippen molar-refractivity contribution in [2.45, 2.75) is 12.8 Å². The number of rotatable bonds is 6. The van der Waals surface area contributed by atoms with E-state index in [4.69, 9.17) is 5.11 Å². The maximum Gasteiger partial charge on any atom is 0.317 e. The number of nitrogens with one attached hydrogen (secondary N) is 1. The Labute approximate surface area is 129 Å². The molecule has 0 fully saturated rings. The number of benzene rings is 2. The van der Waals surface area contributed by atoms with Crippen LogP contribution in [0.25, 0.3) is 10.8 Å². The van der Waals surface area contributed by atoms with Gasteiger partial charge in [0.25, 0.3) is 0 Å². The van der Waals surface area contributed by atoms with Crippen molar-refractivity contribution < 1.29 is 14.7 Å². The van der Waals surface area contributed by atoms with E-state index in [1.54, 1.807) is 7.05 Å². The molecule has 2 amide bonds. The summed E-state index contributed by atoms with van der Waals surface area (Å²) in [7, 11) is 1.59. The maximum absolute atomic E-state index is 11.8. The van der Waals surface area contributed by atoms with E-state index in [0.717, 1.165) is 6.42 Å². The highest BCUT2D eigenvalue weighted by Crippen LogP contribution is 2.18. The molecule has 0 aliphatic carbocycles. The molecule has 0 aliphatic rings. The van der Waals surface area contributed by atoms with Gasteiger partial charge in [0.2, 0.25) is 0 Å². The molecule has 22 heavy (non-hydrogen) atoms. The standard InChI is InChI=1S/C17H20N2O3/c1-19(12-10-16(20)21)17(22)18-11-9-14-7-4-6-13-5-2-3-8-15(13)14/h2-8H,9-12H2,1H3,(H,18,22)(H,20,21). The van der Waals surface area contributed by atoms with Gasteiger partial charge >= 0.3 is 12.0 Å². The lowest BCUT2D eigenvalue weighted by Gasteiger charge is -2.17. The Morgan fingerprint density at radius 3 is 2.64 bits per heavy atom. The molecule has 0 aliphatic heterocycles. The van der Waals surface area contributed by atoms with Crippen molar-refractivity contribution in [2.75, 3.05) is 20.1 Å². The molecular weight excluding hydrogens is 280 g/mol. The van der Waals surface area contributed by atoms with Gasteiger partial charge in [-0.2, -0.15) is 0 Å². The average Bonchev–Trinajstić information content (AvgIpc) is 2.52. The third kappa shape index (κ3) is 4.22. The molecule has 0 unspecified atom stereocenters. The summed E-state index contributed by atoms with van der Waals surface area (Å²) in [5, 5.41) is 13.8. The van der Waals surface area contributed by atoms with E-state index in [9.17, 15) is 9.59 Å². The summed E-state index contributed by atoms with van der Waals surface area (Å²) in [6.07, 6.45) is 0.688. The molecule has 0 spiro atoms. The average molecular weight is 300 g/mol. The molecule has 0 saturated carbocycles. The smallest absolute Gasteiger partial charge is 0.317 e. The Bertz CT molecular complexity index is 665. The van der Waals surface area contributed by atoms with Crippen molar-refractivity contribution in [1.29, 1.82) is 0 Å². The van der Waals surface area contributed by atoms with Gasteiger partial charge < -0.3 is 15.3 Å². The normalized spacial score (nSPS) is 10.4. The molecule has 0 radical (unpaired) electrons. The first kappa shape index (κ1) is 15.8. The molecule has 0 aromatic heterocycles. The number of urea groups is 1. The molecule has 0 saturated heterocycles. The van der Waals surface area contributed by atoms with Crippen LogP contribution in [0.15, 0.2) is 42.5 Å². The number of fused-ring (bicyclic) bond motifs is 1. The minimum absolute atomic E-state index is 0.0484. The van der Waals surface area contributed by atoms with Crippen molar-refractivity contribution >= 4 is 22.8 Å². The number of carboxylic acids is 1. The largest absolute Gasteiger partial charge is 0.481 e. The number of carbonyl (C=O) groups excluding carboxylic acids is 1. The first-order valence-corrected chi connectivity index (χ1v) is 7.25. The van der Waals surface area contributed by atoms with Crippen LogP contribution in [0.2, 0.25) is 0 Å². The molecule has 0 atom stereocenters. The molecule has 5 heteroatoms. The second kappa shape index (κ2) is 7.45. The molecular formula is C17H20N2O3. The van der Waals surface area contributed by atoms with E-state index in [1.165, 1.54) is 21.2 Å². The van der Waals surface area contributed by atoms with Crippen LogP contribution in [0, 0.1) is 0 Å². The molecule has 2 aromatic carbocycles. The molecule has 2 rings (SSSR count). The van der Waals surface area contributed by atoms with Gasteiger partial charge in [0.05, 0.1) is 6.42 Å². The summed E-state index contributed by atoms with van der Waals surface area (Å²) in [4.78, 5) is 23.7. The number of hydrogen-bond donors (Lipinski definition) is 2. The van der Waals surface area contributed by atoms with Gasteiger partial charge in [-0.15, -0.1) is 0 Å². The van der Waals surface area contributed by atoms with Crippen molar-refractivity contribution in [3.05, 3.63) is 48.0 Å². The topological polar surface area (TPSA) is 69.6 Å². The number of hydrogen-bond acceptors (Lipinski definition) is 2. The molecule has 2 aromatic rings. The Kier molecular flexibility index (Phi) is 5.36. The fourth-order valence-corrected chi connectivity index (χ4v) is 2.31. The Hall–Kier alpha value is -2.56. The quantitative estimate of drug-likeness (QED) is 0.861. The maximum atomic E-state index is 11.8. The zero-order valence-corrected chi connectivity index (χ0v) is 12.6. The van der Waals surface area contributed by atoms with Gasteiger partial charge in [0.15, 0.2) is 0 Å². The SMILES string of the molecule is CN(CCC(=O)O)C(=O)NCCc1cccc2ccccc12. The predicted octanol–water partition coefficient (Wildman–Crippen LogP) is 2.50. The van der Waals surface area contributed by atoms with Crippen molar-refractivity contribution in [2.24, 2.45) is 0 Å². The molecule has 0 bridgehead atoms. The zero-order valence-electron chi connectivity index (χ0n) is 12.6. The minimum Gasteiger partial charge on any atom is -0.481 e. The highest BCUT2D eigenvalue weighted by Gasteiger charge is 2.09. The monoisotopic (exact) mass is 300 g/mol. The minimum atomic E-state index is -0.907. The van der Waals surface area contributed by atoms with E-state index in [-0.39, 0.29) is 19.0 Å². The lowest BCUT2D eigenvalue weighted by Crippen LogP contribution is -2.39. The van der Waals surface area contributed by atoms with Gasteiger partial charge in [-0.05, 0) is 22.8 Å². The lowest BCUT2D eigenvalue weighted by molar-refractivity contribution is -0.137. The Morgan fingerprint density at radius 1 is 1.14 bits per heavy atom. The van der Waals surface area contributed by atoms with Crippen molar-refractivity contribution in [1.82, 2.24) is 10.2 Å². The molecule has 2 N–H and O–H groups in total. The summed E-state index contributed by atoms with van der Waals surface area (Å²) in [6, 6.07) is 14.0. The van der Waals surface area contributed by atoms with E-state index < -0.39 is 5.97 Å². The van der Waals surface area contributed by atoms with E-state index in [1.807, 2.05) is 18.2 Å². The first-order chi connectivity index (χ1) is 10.6. The van der Waals surface area contributed by atoms with Gasteiger partial charge in [-0.25, -0.2) is 4.79 Å². The predicted molar refractivity (Wildman–Crippen MR) is 85.9 cm³/mol. The van der Waals surface area contributed by atoms with Gasteiger partial charge in [0.1, 0.15) is 0 Å². The van der Waals surface area contributed by atoms with E-state index in [2.05, 4.69) is 29.6 Å². The second-order valence-corrected chi connectivity index (χ2v) is 5.19. The van der Waals surface area contributed by atoms with Gasteiger partial charge in [-0.1, -0.05) is 42.5 Å². The third-order valence-corrected chi connectivity index (χ3v) is 3.56. The summed E-state index contributed by atoms with van der Waals surface area (Å²) in [5.74, 6) is -0.907. The summed E-state index contributed by atoms with van der Waals surface area (Å²) in [6.45, 7) is 0.722. The van der Waals surface area contributed by atoms with Crippen LogP contribution in [0.3, 0.4) is 0 Å². The van der Waals surface area contributed by atoms with Crippen LogP contribution >= 0.6 is 0 Å². The highest BCUT2D eigenvalue weighted by atomic mass is 16.4. The van der Waals surface area contributed by atoms with Gasteiger partial charge in [0, 0.05) is 20.1 Å². The van der Waals surface area contributed by atoms with E-state index in [0.29, 0.717) is 6.54 Å². The lowest BCUT2D eigenvalue weighted by atomic mass is 10.0. The molecule has 0 heterocycles. The number of amides is 2. The number of carbonyl (C=O) groups is 2. The summed E-state index contributed by atoms with van der Waals surface area (Å²) < 4.78 is 0. The third-order valence-electron chi connectivity index (χ3n) is 3.56. The fraction of sp³-hybridized carbons (Fsp3) is 0.294. The molecule has 116 valence electrons. The van der Waals surface area contributed by atoms with Gasteiger partial charge in [-0.3, -0.25) is 4.79 Å². The number of nitrogens with zero attached hydrogens (tertiary/aromatic N) is 1. The summed E-state index contributed by atoms with van der Waals surface area (Å²) >= 11 is 0. The zero-order chi connectivity index (χ0) is 15.9. The Balaban J connectivity index is 1.87. The van der Waals surface area contributed by atoms with Crippen molar-refractivity contribution in [3.8, 4) is 0 Å². The Morgan fingerprint density at radius 2 is 1.86 bits per heavy atom. The van der Waals surface area contributed by atoms with Crippen LogP contribution in [0.4, 0.5) is 4.79 Å². The van der Waals surface area contributed by atoms with Crippen molar-refractivity contribution in [3.63, 3.8) is 0 Å².